The average Bonchev–Trinajstić information content (AvgIpc) is 2.73. The lowest BCUT2D eigenvalue weighted by molar-refractivity contribution is 0.0543. The largest absolute Gasteiger partial charge is 0.385 e. The van der Waals surface area contributed by atoms with Crippen LogP contribution in [0.1, 0.15) is 81.0 Å². The molecule has 2 aromatic rings. The summed E-state index contributed by atoms with van der Waals surface area (Å²) in [4.78, 5) is 5.12. The molecular weight excluding hydrogens is 358 g/mol. The number of nitrogens with zero attached hydrogens (tertiary/aromatic N) is 1. The molecule has 0 N–H and O–H groups in total. The lowest BCUT2D eigenvalue weighted by Gasteiger charge is -2.24. The number of hydrogen-bond donors (Lipinski definition) is 0. The first-order valence-electron chi connectivity index (χ1n) is 11.3. The van der Waals surface area contributed by atoms with Gasteiger partial charge in [0, 0.05) is 37.1 Å². The fourth-order valence-corrected chi connectivity index (χ4v) is 4.28. The normalized spacial score (nSPS) is 12.3. The maximum Gasteiger partial charge on any atom is 0.0844 e. The molecule has 0 aliphatic heterocycles. The number of pyridine rings is 1. The minimum Gasteiger partial charge on any atom is -0.385 e. The van der Waals surface area contributed by atoms with Gasteiger partial charge in [0.05, 0.1) is 11.8 Å². The summed E-state index contributed by atoms with van der Waals surface area (Å²) in [6.45, 7) is 12.4. The summed E-state index contributed by atoms with van der Waals surface area (Å²) in [6, 6.07) is 8.98. The topological polar surface area (TPSA) is 31.4 Å². The number of methoxy groups -OCH3 is 1. The van der Waals surface area contributed by atoms with Crippen LogP contribution in [0.2, 0.25) is 0 Å². The smallest absolute Gasteiger partial charge is 0.0844 e. The van der Waals surface area contributed by atoms with Crippen molar-refractivity contribution in [1.29, 1.82) is 0 Å². The molecule has 3 nitrogen and oxygen atoms in total. The van der Waals surface area contributed by atoms with Crippen LogP contribution < -0.4 is 0 Å². The first-order valence-corrected chi connectivity index (χ1v) is 11.3. The summed E-state index contributed by atoms with van der Waals surface area (Å²) in [5.41, 5.74) is 8.95. The van der Waals surface area contributed by atoms with Crippen LogP contribution in [0.25, 0.3) is 11.3 Å². The molecular formula is C26H39NO2. The van der Waals surface area contributed by atoms with Crippen molar-refractivity contribution in [3.05, 3.63) is 52.2 Å². The third-order valence-corrected chi connectivity index (χ3v) is 5.63. The van der Waals surface area contributed by atoms with Crippen LogP contribution in [-0.2, 0) is 28.7 Å². The zero-order valence-corrected chi connectivity index (χ0v) is 19.3. The average molecular weight is 398 g/mol. The zero-order valence-electron chi connectivity index (χ0n) is 19.3. The number of hydrogen-bond acceptors (Lipinski definition) is 3. The molecule has 0 fully saturated rings. The third-order valence-electron chi connectivity index (χ3n) is 5.63. The first kappa shape index (κ1) is 23.6. The van der Waals surface area contributed by atoms with E-state index in [4.69, 9.17) is 14.5 Å². The van der Waals surface area contributed by atoms with E-state index in [0.717, 1.165) is 63.1 Å². The van der Waals surface area contributed by atoms with Gasteiger partial charge < -0.3 is 9.47 Å². The number of aromatic nitrogens is 1. The highest BCUT2D eigenvalue weighted by Gasteiger charge is 2.21. The van der Waals surface area contributed by atoms with Crippen molar-refractivity contribution >= 4 is 0 Å². The van der Waals surface area contributed by atoms with Crippen molar-refractivity contribution in [3.63, 3.8) is 0 Å². The molecule has 0 aliphatic carbocycles. The molecule has 1 atom stereocenters. The molecule has 1 heterocycles. The second kappa shape index (κ2) is 12.1. The van der Waals surface area contributed by atoms with E-state index in [2.05, 4.69) is 58.9 Å². The Morgan fingerprint density at radius 1 is 1.00 bits per heavy atom. The van der Waals surface area contributed by atoms with E-state index in [9.17, 15) is 0 Å². The Kier molecular flexibility index (Phi) is 9.83. The first-order chi connectivity index (χ1) is 14.1. The van der Waals surface area contributed by atoms with Crippen LogP contribution in [0.15, 0.2) is 24.3 Å². The van der Waals surface area contributed by atoms with Crippen molar-refractivity contribution in [1.82, 2.24) is 4.98 Å². The van der Waals surface area contributed by atoms with Crippen molar-refractivity contribution in [3.8, 4) is 11.3 Å². The summed E-state index contributed by atoms with van der Waals surface area (Å²) < 4.78 is 11.5. The lowest BCUT2D eigenvalue weighted by Crippen LogP contribution is -2.12. The molecule has 29 heavy (non-hydrogen) atoms. The van der Waals surface area contributed by atoms with Gasteiger partial charge in [-0.1, -0.05) is 45.4 Å². The molecule has 0 spiro atoms. The second-order valence-corrected chi connectivity index (χ2v) is 7.65. The monoisotopic (exact) mass is 397 g/mol. The quantitative estimate of drug-likeness (QED) is 0.376. The predicted molar refractivity (Wildman–Crippen MR) is 123 cm³/mol. The predicted octanol–water partition coefficient (Wildman–Crippen LogP) is 6.64. The fraction of sp³-hybridized carbons (Fsp3) is 0.577. The molecule has 1 unspecified atom stereocenters. The van der Waals surface area contributed by atoms with E-state index >= 15 is 0 Å². The summed E-state index contributed by atoms with van der Waals surface area (Å²) >= 11 is 0. The van der Waals surface area contributed by atoms with Gasteiger partial charge in [-0.2, -0.15) is 0 Å². The number of rotatable bonds is 12. The summed E-state index contributed by atoms with van der Waals surface area (Å²) in [5, 5.41) is 0. The van der Waals surface area contributed by atoms with E-state index in [1.165, 1.54) is 27.8 Å². The highest BCUT2D eigenvalue weighted by molar-refractivity contribution is 5.69. The van der Waals surface area contributed by atoms with E-state index in [-0.39, 0.29) is 6.10 Å². The van der Waals surface area contributed by atoms with Gasteiger partial charge >= 0.3 is 0 Å². The number of aryl methyl sites for hydroxylation is 4. The molecule has 2 rings (SSSR count). The van der Waals surface area contributed by atoms with E-state index < -0.39 is 0 Å². The van der Waals surface area contributed by atoms with Crippen molar-refractivity contribution in [2.75, 3.05) is 20.3 Å². The molecule has 0 bridgehead atoms. The maximum atomic E-state index is 6.16. The van der Waals surface area contributed by atoms with Crippen LogP contribution in [0, 0.1) is 6.92 Å². The molecule has 0 radical (unpaired) electrons. The second-order valence-electron chi connectivity index (χ2n) is 7.65. The molecule has 0 amide bonds. The molecule has 0 saturated carbocycles. The van der Waals surface area contributed by atoms with E-state index in [0.29, 0.717) is 0 Å². The van der Waals surface area contributed by atoms with Crippen molar-refractivity contribution in [2.45, 2.75) is 79.2 Å². The molecule has 160 valence electrons. The van der Waals surface area contributed by atoms with Crippen LogP contribution in [0.4, 0.5) is 0 Å². The highest BCUT2D eigenvalue weighted by Crippen LogP contribution is 2.34. The Bertz CT molecular complexity index is 741. The third kappa shape index (κ3) is 5.90. The highest BCUT2D eigenvalue weighted by atomic mass is 16.5. The zero-order chi connectivity index (χ0) is 21.2. The Balaban J connectivity index is 2.63. The SMILES string of the molecule is CCCC(OCC)c1c(CCCOC)cc(-c2c(CC)cccc2CC)nc1C. The van der Waals surface area contributed by atoms with Crippen LogP contribution in [0.5, 0.6) is 0 Å². The number of benzene rings is 1. The Hall–Kier alpha value is -1.71. The number of ether oxygens (including phenoxy) is 2. The Morgan fingerprint density at radius 3 is 2.24 bits per heavy atom. The van der Waals surface area contributed by atoms with Gasteiger partial charge in [0.25, 0.3) is 0 Å². The van der Waals surface area contributed by atoms with Gasteiger partial charge in [-0.05, 0) is 68.7 Å². The van der Waals surface area contributed by atoms with Crippen molar-refractivity contribution in [2.24, 2.45) is 0 Å². The summed E-state index contributed by atoms with van der Waals surface area (Å²) in [7, 11) is 1.77. The molecule has 0 saturated heterocycles. The van der Waals surface area contributed by atoms with Crippen LogP contribution in [0.3, 0.4) is 0 Å². The molecule has 1 aromatic carbocycles. The van der Waals surface area contributed by atoms with Crippen molar-refractivity contribution < 1.29 is 9.47 Å². The summed E-state index contributed by atoms with van der Waals surface area (Å²) in [6.07, 6.45) is 6.28. The van der Waals surface area contributed by atoms with Gasteiger partial charge in [0.2, 0.25) is 0 Å². The molecule has 1 aromatic heterocycles. The summed E-state index contributed by atoms with van der Waals surface area (Å²) in [5.74, 6) is 0. The minimum atomic E-state index is 0.121. The van der Waals surface area contributed by atoms with Crippen LogP contribution >= 0.6 is 0 Å². The van der Waals surface area contributed by atoms with Gasteiger partial charge in [-0.15, -0.1) is 0 Å². The van der Waals surface area contributed by atoms with Gasteiger partial charge in [0.1, 0.15) is 0 Å². The van der Waals surface area contributed by atoms with Gasteiger partial charge in [-0.25, -0.2) is 0 Å². The standard InChI is InChI=1S/C26H39NO2/c1-7-13-24(29-10-4)25-19(5)27-23(18-22(25)16-12-17-28-6)26-20(8-2)14-11-15-21(26)9-3/h11,14-15,18,24H,7-10,12-13,16-17H2,1-6H3. The lowest BCUT2D eigenvalue weighted by atomic mass is 9.90. The fourth-order valence-electron chi connectivity index (χ4n) is 4.28. The maximum absolute atomic E-state index is 6.16. The Morgan fingerprint density at radius 2 is 1.69 bits per heavy atom. The molecule has 3 heteroatoms. The van der Waals surface area contributed by atoms with E-state index in [1.54, 1.807) is 7.11 Å². The minimum absolute atomic E-state index is 0.121. The van der Waals surface area contributed by atoms with E-state index in [1.807, 2.05) is 0 Å². The van der Waals surface area contributed by atoms with Gasteiger partial charge in [-0.3, -0.25) is 4.98 Å². The molecule has 0 aliphatic rings. The Labute approximate surface area is 177 Å². The van der Waals surface area contributed by atoms with Gasteiger partial charge in [0.15, 0.2) is 0 Å². The van der Waals surface area contributed by atoms with Crippen LogP contribution in [-0.4, -0.2) is 25.3 Å².